The van der Waals surface area contributed by atoms with Crippen LogP contribution in [0, 0.1) is 0 Å². The van der Waals surface area contributed by atoms with Crippen LogP contribution < -0.4 is 5.32 Å². The Morgan fingerprint density at radius 2 is 0.620 bits per heavy atom. The van der Waals surface area contributed by atoms with Gasteiger partial charge in [0.15, 0.2) is 12.6 Å². The fourth-order valence-electron chi connectivity index (χ4n) is 15.1. The van der Waals surface area contributed by atoms with E-state index in [0.717, 1.165) is 44.9 Å². The van der Waals surface area contributed by atoms with Gasteiger partial charge in [0.1, 0.15) is 48.8 Å². The SMILES string of the molecule is CCCCCCCCCCCCCCCCCCCCCCCCCCC/C=C/C(O)C(COC1OC(CO)C(OC2OC(CO)C(O)C(O)C2O)C(O)C1O)NC(=O)CCCCCCCCCCCCCCCCCCCCCCCCCCCCCCCCCCCCCCCCC. The second-order valence-electron chi connectivity index (χ2n) is 31.4. The third-order valence-electron chi connectivity index (χ3n) is 22.0. The molecule has 2 aliphatic heterocycles. The summed E-state index contributed by atoms with van der Waals surface area (Å²) in [7, 11) is 0. The fraction of sp³-hybridized carbons (Fsp3) is 0.965. The molecule has 9 N–H and O–H groups in total. The molecule has 0 aromatic rings. The zero-order chi connectivity index (χ0) is 72.2. The predicted octanol–water partition coefficient (Wildman–Crippen LogP) is 20.8. The lowest BCUT2D eigenvalue weighted by atomic mass is 9.97. The van der Waals surface area contributed by atoms with Crippen molar-refractivity contribution in [2.24, 2.45) is 0 Å². The molecule has 0 spiro atoms. The van der Waals surface area contributed by atoms with Gasteiger partial charge in [-0.1, -0.05) is 424 Å². The van der Waals surface area contributed by atoms with E-state index in [1.165, 1.54) is 372 Å². The molecule has 12 unspecified atom stereocenters. The summed E-state index contributed by atoms with van der Waals surface area (Å²) in [6.45, 7) is 2.89. The molecule has 0 saturated carbocycles. The van der Waals surface area contributed by atoms with E-state index in [4.69, 9.17) is 18.9 Å². The molecule has 0 aromatic heterocycles. The Bertz CT molecular complexity index is 1730. The lowest BCUT2D eigenvalue weighted by Gasteiger charge is -2.46. The van der Waals surface area contributed by atoms with Gasteiger partial charge in [-0.15, -0.1) is 0 Å². The molecule has 2 fully saturated rings. The maximum atomic E-state index is 13.4. The monoisotopic (exact) mass is 1420 g/mol. The highest BCUT2D eigenvalue weighted by Gasteiger charge is 2.51. The van der Waals surface area contributed by atoms with E-state index >= 15 is 0 Å². The Morgan fingerprint density at radius 1 is 0.350 bits per heavy atom. The topological polar surface area (TPSA) is 228 Å². The maximum absolute atomic E-state index is 13.4. The minimum atomic E-state index is -1.79. The summed E-state index contributed by atoms with van der Waals surface area (Å²) in [6, 6.07) is -0.913. The molecule has 14 heteroatoms. The number of hydrogen-bond donors (Lipinski definition) is 9. The Morgan fingerprint density at radius 3 is 0.920 bits per heavy atom. The normalized spacial score (nSPS) is 21.8. The number of carbonyl (C=O) groups is 1. The Labute approximate surface area is 616 Å². The molecule has 0 aliphatic carbocycles. The van der Waals surface area contributed by atoms with E-state index in [9.17, 15) is 45.6 Å². The lowest BCUT2D eigenvalue weighted by Crippen LogP contribution is -2.65. The molecule has 2 rings (SSSR count). The highest BCUT2D eigenvalue weighted by Crippen LogP contribution is 2.31. The molecule has 0 aromatic carbocycles. The third-order valence-corrected chi connectivity index (χ3v) is 22.0. The molecule has 2 heterocycles. The van der Waals surface area contributed by atoms with Crippen LogP contribution in [0.4, 0.5) is 0 Å². The van der Waals surface area contributed by atoms with Gasteiger partial charge in [0.25, 0.3) is 0 Å². The van der Waals surface area contributed by atoms with Crippen molar-refractivity contribution in [1.82, 2.24) is 5.32 Å². The number of ether oxygens (including phenoxy) is 4. The second-order valence-corrected chi connectivity index (χ2v) is 31.4. The lowest BCUT2D eigenvalue weighted by molar-refractivity contribution is -0.359. The number of hydrogen-bond acceptors (Lipinski definition) is 13. The summed E-state index contributed by atoms with van der Waals surface area (Å²) < 4.78 is 23.0. The van der Waals surface area contributed by atoms with Gasteiger partial charge in [-0.2, -0.15) is 0 Å². The second kappa shape index (κ2) is 70.7. The zero-order valence-electron chi connectivity index (χ0n) is 65.5. The zero-order valence-corrected chi connectivity index (χ0v) is 65.5. The number of nitrogens with one attached hydrogen (secondary N) is 1. The summed E-state index contributed by atoms with van der Waals surface area (Å²) >= 11 is 0. The van der Waals surface area contributed by atoms with E-state index in [2.05, 4.69) is 19.2 Å². The van der Waals surface area contributed by atoms with Gasteiger partial charge in [0.05, 0.1) is 32.0 Å². The van der Waals surface area contributed by atoms with Crippen LogP contribution in [0.1, 0.15) is 438 Å². The molecule has 2 saturated heterocycles. The van der Waals surface area contributed by atoms with E-state index in [1.807, 2.05) is 6.08 Å². The minimum Gasteiger partial charge on any atom is -0.394 e. The Kier molecular flexibility index (Phi) is 67.0. The van der Waals surface area contributed by atoms with E-state index in [0.29, 0.717) is 0 Å². The van der Waals surface area contributed by atoms with E-state index in [1.54, 1.807) is 6.08 Å². The summed E-state index contributed by atoms with van der Waals surface area (Å²) in [4.78, 5) is 13.4. The van der Waals surface area contributed by atoms with Crippen molar-refractivity contribution < 1.29 is 64.6 Å². The van der Waals surface area contributed by atoms with Crippen LogP contribution in [-0.2, 0) is 23.7 Å². The highest BCUT2D eigenvalue weighted by atomic mass is 16.7. The molecule has 594 valence electrons. The first-order valence-corrected chi connectivity index (χ1v) is 43.9. The fourth-order valence-corrected chi connectivity index (χ4v) is 15.1. The van der Waals surface area contributed by atoms with Gasteiger partial charge in [-0.3, -0.25) is 4.79 Å². The van der Waals surface area contributed by atoms with Crippen molar-refractivity contribution in [3.8, 4) is 0 Å². The molecular formula is C86H167NO13. The minimum absolute atomic E-state index is 0.228. The summed E-state index contributed by atoms with van der Waals surface area (Å²) in [6.07, 6.45) is 74.8. The number of rotatable bonds is 76. The summed E-state index contributed by atoms with van der Waals surface area (Å²) in [5.41, 5.74) is 0. The Hall–Kier alpha value is -1.27. The van der Waals surface area contributed by atoms with Crippen molar-refractivity contribution in [3.05, 3.63) is 12.2 Å². The van der Waals surface area contributed by atoms with Crippen LogP contribution in [-0.4, -0.2) is 140 Å². The number of amides is 1. The van der Waals surface area contributed by atoms with Crippen molar-refractivity contribution in [1.29, 1.82) is 0 Å². The predicted molar refractivity (Wildman–Crippen MR) is 416 cm³/mol. The highest BCUT2D eigenvalue weighted by molar-refractivity contribution is 5.76. The van der Waals surface area contributed by atoms with E-state index in [-0.39, 0.29) is 18.9 Å². The van der Waals surface area contributed by atoms with Crippen LogP contribution in [0.2, 0.25) is 0 Å². The van der Waals surface area contributed by atoms with Crippen LogP contribution in [0.15, 0.2) is 12.2 Å². The number of aliphatic hydroxyl groups excluding tert-OH is 8. The molecular weight excluding hydrogens is 1250 g/mol. The van der Waals surface area contributed by atoms with Gasteiger partial charge < -0.3 is 65.1 Å². The first-order chi connectivity index (χ1) is 49.1. The molecule has 1 amide bonds. The average molecular weight is 1420 g/mol. The summed E-state index contributed by atoms with van der Waals surface area (Å²) in [5, 5.41) is 87.8. The largest absolute Gasteiger partial charge is 0.394 e. The number of unbranched alkanes of at least 4 members (excludes halogenated alkanes) is 63. The van der Waals surface area contributed by atoms with Gasteiger partial charge in [0, 0.05) is 6.42 Å². The molecule has 100 heavy (non-hydrogen) atoms. The smallest absolute Gasteiger partial charge is 0.220 e. The number of allylic oxidation sites excluding steroid dienone is 1. The van der Waals surface area contributed by atoms with Crippen molar-refractivity contribution in [3.63, 3.8) is 0 Å². The quantitative estimate of drug-likeness (QED) is 0.0204. The third kappa shape index (κ3) is 52.7. The van der Waals surface area contributed by atoms with Crippen LogP contribution >= 0.6 is 0 Å². The van der Waals surface area contributed by atoms with Crippen LogP contribution in [0.5, 0.6) is 0 Å². The van der Waals surface area contributed by atoms with Crippen molar-refractivity contribution in [2.75, 3.05) is 19.8 Å². The summed E-state index contributed by atoms with van der Waals surface area (Å²) in [5.74, 6) is -0.228. The van der Waals surface area contributed by atoms with Gasteiger partial charge in [0.2, 0.25) is 5.91 Å². The Balaban J connectivity index is 1.55. The standard InChI is InChI=1S/C86H167NO13/c1-3-5-7-9-11-13-15-17-19-21-23-25-27-29-31-32-33-34-35-36-37-38-39-40-41-42-44-46-48-50-52-54-56-58-60-62-64-66-68-70-78(91)87-74(73-97-85-83(96)81(94)84(77(72-89)99-85)100-86-82(95)80(93)79(92)76(71-88)98-86)75(90)69-67-65-63-61-59-57-55-53-51-49-47-45-43-30-28-26-24-22-20-18-16-14-12-10-8-6-4-2/h67,69,74-77,79-86,88-90,92-96H,3-66,68,70-73H2,1-2H3,(H,87,91)/b69-67+. The maximum Gasteiger partial charge on any atom is 0.220 e. The van der Waals surface area contributed by atoms with Crippen molar-refractivity contribution in [2.45, 2.75) is 511 Å². The average Bonchev–Trinajstić information content (AvgIpc) is 0.790. The first kappa shape index (κ1) is 94.8. The first-order valence-electron chi connectivity index (χ1n) is 43.9. The molecule has 14 nitrogen and oxygen atoms in total. The van der Waals surface area contributed by atoms with Gasteiger partial charge >= 0.3 is 0 Å². The van der Waals surface area contributed by atoms with Crippen LogP contribution in [0.25, 0.3) is 0 Å². The molecule has 0 bridgehead atoms. The van der Waals surface area contributed by atoms with Crippen molar-refractivity contribution >= 4 is 5.91 Å². The molecule has 12 atom stereocenters. The van der Waals surface area contributed by atoms with Gasteiger partial charge in [-0.25, -0.2) is 0 Å². The number of aliphatic hydroxyl groups is 8. The molecule has 0 radical (unpaired) electrons. The van der Waals surface area contributed by atoms with Gasteiger partial charge in [-0.05, 0) is 19.3 Å². The molecule has 2 aliphatic rings. The van der Waals surface area contributed by atoms with E-state index < -0.39 is 86.8 Å². The number of carbonyl (C=O) groups excluding carboxylic acids is 1. The van der Waals surface area contributed by atoms with Crippen LogP contribution in [0.3, 0.4) is 0 Å².